The number of likely N-dealkylation sites (tertiary alicyclic amines) is 1. The lowest BCUT2D eigenvalue weighted by molar-refractivity contribution is 0.0808. The molecule has 1 aliphatic carbocycles. The van der Waals surface area contributed by atoms with Gasteiger partial charge in [0.05, 0.1) is 0 Å². The van der Waals surface area contributed by atoms with E-state index in [1.54, 1.807) is 5.56 Å². The second kappa shape index (κ2) is 8.30. The van der Waals surface area contributed by atoms with Crippen LogP contribution in [0.25, 0.3) is 10.9 Å². The second-order valence-electron chi connectivity index (χ2n) is 11.4. The van der Waals surface area contributed by atoms with Gasteiger partial charge in [-0.15, -0.1) is 0 Å². The first-order chi connectivity index (χ1) is 16.4. The molecular weight excluding hydrogens is 414 g/mol. The normalized spacial score (nSPS) is 21.4. The van der Waals surface area contributed by atoms with Gasteiger partial charge in [-0.3, -0.25) is 4.90 Å². The van der Waals surface area contributed by atoms with Gasteiger partial charge in [-0.2, -0.15) is 0 Å². The number of aryl methyl sites for hydroxylation is 2. The highest BCUT2D eigenvalue weighted by molar-refractivity contribution is 5.87. The summed E-state index contributed by atoms with van der Waals surface area (Å²) >= 11 is 0. The largest absolute Gasteiger partial charge is 0.375 e. The third kappa shape index (κ3) is 3.51. The molecule has 1 N–H and O–H groups in total. The lowest BCUT2D eigenvalue weighted by Crippen LogP contribution is -2.52. The third-order valence-electron chi connectivity index (χ3n) is 9.32. The summed E-state index contributed by atoms with van der Waals surface area (Å²) in [5, 5.41) is 1.45. The molecule has 0 amide bonds. The molecule has 178 valence electrons. The van der Waals surface area contributed by atoms with Gasteiger partial charge in [0.15, 0.2) is 0 Å². The Balaban J connectivity index is 1.37. The van der Waals surface area contributed by atoms with Gasteiger partial charge < -0.3 is 9.88 Å². The summed E-state index contributed by atoms with van der Waals surface area (Å²) in [6.07, 6.45) is 6.49. The molecule has 2 aliphatic heterocycles. The van der Waals surface area contributed by atoms with Crippen molar-refractivity contribution in [3.8, 4) is 0 Å². The highest BCUT2D eigenvalue weighted by atomic mass is 15.2. The van der Waals surface area contributed by atoms with Crippen LogP contribution < -0.4 is 0 Å². The molecule has 1 atom stereocenters. The molecule has 0 bridgehead atoms. The van der Waals surface area contributed by atoms with Crippen molar-refractivity contribution in [2.75, 3.05) is 19.6 Å². The van der Waals surface area contributed by atoms with Crippen molar-refractivity contribution in [2.45, 2.75) is 70.9 Å². The zero-order valence-electron chi connectivity index (χ0n) is 21.2. The molecule has 1 aromatic heterocycles. The van der Waals surface area contributed by atoms with Crippen LogP contribution in [0.2, 0.25) is 0 Å². The Morgan fingerprint density at radius 1 is 1.09 bits per heavy atom. The molecule has 3 aliphatic rings. The van der Waals surface area contributed by atoms with Crippen LogP contribution in [-0.4, -0.2) is 34.4 Å². The van der Waals surface area contributed by atoms with E-state index in [1.807, 2.05) is 0 Å². The van der Waals surface area contributed by atoms with Crippen LogP contribution in [0.4, 0.5) is 0 Å². The topological polar surface area (TPSA) is 22.3 Å². The molecule has 3 nitrogen and oxygen atoms in total. The van der Waals surface area contributed by atoms with Crippen LogP contribution in [0.1, 0.15) is 73.0 Å². The van der Waals surface area contributed by atoms with E-state index in [9.17, 15) is 0 Å². The molecule has 3 heterocycles. The van der Waals surface area contributed by atoms with E-state index in [-0.39, 0.29) is 5.41 Å². The van der Waals surface area contributed by atoms with Crippen molar-refractivity contribution in [1.82, 2.24) is 14.8 Å². The molecule has 1 saturated carbocycles. The fourth-order valence-corrected chi connectivity index (χ4v) is 6.97. The van der Waals surface area contributed by atoms with Gasteiger partial charge in [0.2, 0.25) is 0 Å². The fraction of sp³-hybridized carbons (Fsp3) is 0.484. The molecule has 3 heteroatoms. The third-order valence-corrected chi connectivity index (χ3v) is 9.32. The zero-order chi connectivity index (χ0) is 23.4. The maximum absolute atomic E-state index is 4.53. The van der Waals surface area contributed by atoms with E-state index in [1.165, 1.54) is 71.1 Å². The van der Waals surface area contributed by atoms with Crippen molar-refractivity contribution in [3.05, 3.63) is 82.7 Å². The van der Waals surface area contributed by atoms with Crippen LogP contribution in [-0.2, 0) is 12.0 Å². The Morgan fingerprint density at radius 3 is 2.56 bits per heavy atom. The number of aromatic amines is 1. The van der Waals surface area contributed by atoms with Crippen molar-refractivity contribution in [3.63, 3.8) is 0 Å². The summed E-state index contributed by atoms with van der Waals surface area (Å²) in [6.45, 7) is 15.8. The Kier molecular flexibility index (Phi) is 5.37. The van der Waals surface area contributed by atoms with Crippen molar-refractivity contribution in [2.24, 2.45) is 5.92 Å². The first kappa shape index (κ1) is 22.0. The molecule has 1 saturated heterocycles. The van der Waals surface area contributed by atoms with E-state index in [0.29, 0.717) is 6.04 Å². The van der Waals surface area contributed by atoms with Gasteiger partial charge in [0.1, 0.15) is 0 Å². The van der Waals surface area contributed by atoms with Gasteiger partial charge in [0.25, 0.3) is 0 Å². The number of hydrogen-bond donors (Lipinski definition) is 1. The molecule has 2 aromatic carbocycles. The maximum atomic E-state index is 4.53. The number of hydrogen-bond acceptors (Lipinski definition) is 2. The van der Waals surface area contributed by atoms with Crippen LogP contribution in [0, 0.1) is 19.8 Å². The molecule has 1 unspecified atom stereocenters. The SMILES string of the molecule is C=C(C1CCC1)N1CCC2(CC1)CN(C(C)c1ccccc1C)Cc1[nH]c3cc(C)ccc3c12. The average molecular weight is 454 g/mol. The number of piperidine rings is 1. The lowest BCUT2D eigenvalue weighted by Gasteiger charge is -2.51. The van der Waals surface area contributed by atoms with Gasteiger partial charge in [-0.25, -0.2) is 0 Å². The number of nitrogens with zero attached hydrogens (tertiary/aromatic N) is 2. The van der Waals surface area contributed by atoms with E-state index < -0.39 is 0 Å². The summed E-state index contributed by atoms with van der Waals surface area (Å²) in [5.74, 6) is 0.740. The van der Waals surface area contributed by atoms with Crippen LogP contribution in [0.15, 0.2) is 54.7 Å². The van der Waals surface area contributed by atoms with Crippen molar-refractivity contribution >= 4 is 10.9 Å². The summed E-state index contributed by atoms with van der Waals surface area (Å²) in [7, 11) is 0. The Morgan fingerprint density at radius 2 is 1.85 bits per heavy atom. The van der Waals surface area contributed by atoms with E-state index >= 15 is 0 Å². The Labute approximate surface area is 204 Å². The smallest absolute Gasteiger partial charge is 0.0462 e. The monoisotopic (exact) mass is 453 g/mol. The fourth-order valence-electron chi connectivity index (χ4n) is 6.97. The predicted octanol–water partition coefficient (Wildman–Crippen LogP) is 7.01. The number of allylic oxidation sites excluding steroid dienone is 1. The van der Waals surface area contributed by atoms with E-state index in [2.05, 4.69) is 84.6 Å². The zero-order valence-corrected chi connectivity index (χ0v) is 21.2. The van der Waals surface area contributed by atoms with Crippen molar-refractivity contribution in [1.29, 1.82) is 0 Å². The summed E-state index contributed by atoms with van der Waals surface area (Å²) in [6, 6.07) is 16.3. The average Bonchev–Trinajstić information content (AvgIpc) is 3.16. The number of H-pyrrole nitrogens is 1. The highest BCUT2D eigenvalue weighted by Crippen LogP contribution is 2.48. The molecule has 1 spiro atoms. The van der Waals surface area contributed by atoms with Gasteiger partial charge in [0, 0.05) is 59.9 Å². The highest BCUT2D eigenvalue weighted by Gasteiger charge is 2.45. The summed E-state index contributed by atoms with van der Waals surface area (Å²) in [5.41, 5.74) is 10.2. The van der Waals surface area contributed by atoms with Gasteiger partial charge in [-0.05, 0) is 80.7 Å². The number of benzene rings is 2. The minimum absolute atomic E-state index is 0.203. The maximum Gasteiger partial charge on any atom is 0.0462 e. The standard InChI is InChI=1S/C31H39N3/c1-21-12-13-27-28(18-21)32-29-19-34(24(4)26-11-6-5-8-22(26)2)20-31(30(27)29)14-16-33(17-15-31)23(3)25-9-7-10-25/h5-6,8,11-13,18,24-25,32H,3,7,9-10,14-17,19-20H2,1-2,4H3. The molecular formula is C31H39N3. The Hall–Kier alpha value is -2.52. The number of fused-ring (bicyclic) bond motifs is 4. The molecule has 6 rings (SSSR count). The first-order valence-corrected chi connectivity index (χ1v) is 13.3. The van der Waals surface area contributed by atoms with E-state index in [4.69, 9.17) is 0 Å². The summed E-state index contributed by atoms with van der Waals surface area (Å²) in [4.78, 5) is 9.24. The Bertz CT molecular complexity index is 1220. The first-order valence-electron chi connectivity index (χ1n) is 13.3. The molecule has 0 radical (unpaired) electrons. The van der Waals surface area contributed by atoms with Crippen LogP contribution in [0.3, 0.4) is 0 Å². The molecule has 34 heavy (non-hydrogen) atoms. The van der Waals surface area contributed by atoms with Gasteiger partial charge >= 0.3 is 0 Å². The second-order valence-corrected chi connectivity index (χ2v) is 11.4. The molecule has 3 aromatic rings. The lowest BCUT2D eigenvalue weighted by atomic mass is 9.68. The quantitative estimate of drug-likeness (QED) is 0.459. The number of rotatable bonds is 4. The van der Waals surface area contributed by atoms with Crippen LogP contribution >= 0.6 is 0 Å². The van der Waals surface area contributed by atoms with Crippen LogP contribution in [0.5, 0.6) is 0 Å². The minimum atomic E-state index is 0.203. The van der Waals surface area contributed by atoms with Gasteiger partial charge in [-0.1, -0.05) is 49.4 Å². The minimum Gasteiger partial charge on any atom is -0.375 e. The molecule has 2 fully saturated rings. The number of nitrogens with one attached hydrogen (secondary N) is 1. The summed E-state index contributed by atoms with van der Waals surface area (Å²) < 4.78 is 0. The predicted molar refractivity (Wildman–Crippen MR) is 142 cm³/mol. The number of aromatic nitrogens is 1. The van der Waals surface area contributed by atoms with E-state index in [0.717, 1.165) is 32.1 Å². The van der Waals surface area contributed by atoms with Crippen molar-refractivity contribution < 1.29 is 0 Å².